The van der Waals surface area contributed by atoms with Gasteiger partial charge >= 0.3 is 5.97 Å². The molecule has 4 nitrogen and oxygen atoms in total. The van der Waals surface area contributed by atoms with Gasteiger partial charge in [0.1, 0.15) is 0 Å². The Morgan fingerprint density at radius 1 is 1.48 bits per heavy atom. The fourth-order valence-corrected chi connectivity index (χ4v) is 7.36. The van der Waals surface area contributed by atoms with Crippen LogP contribution in [0.5, 0.6) is 0 Å². The SMILES string of the molecule is C=C1C[C@]23C[C@@]1(O)CCC2[C@@]12CC=C[C@](C)(CO1)C2[C@@H]3C(=O)O. The zero-order chi connectivity index (χ0) is 16.3. The van der Waals surface area contributed by atoms with Crippen molar-refractivity contribution in [2.45, 2.75) is 50.2 Å². The summed E-state index contributed by atoms with van der Waals surface area (Å²) >= 11 is 0. The van der Waals surface area contributed by atoms with Gasteiger partial charge in [0, 0.05) is 11.3 Å². The number of ether oxygens (including phenoxy) is 1. The van der Waals surface area contributed by atoms with E-state index < -0.39 is 17.5 Å². The number of carboxylic acid groups (broad SMARTS) is 1. The normalized spacial score (nSPS) is 59.0. The van der Waals surface area contributed by atoms with E-state index in [1.807, 2.05) is 0 Å². The Kier molecular flexibility index (Phi) is 2.32. The van der Waals surface area contributed by atoms with E-state index >= 15 is 0 Å². The van der Waals surface area contributed by atoms with Gasteiger partial charge in [-0.3, -0.25) is 4.79 Å². The standard InChI is InChI=1S/C19H24O4/c1-11-8-17-9-18(11,22)7-4-12(17)19-6-3-5-16(2,10-23-19)14(19)13(17)15(20)21/h3,5,12-14,22H,1,4,6-10H2,2H3,(H,20,21)/t12?,13-,14?,16-,17+,18+,19-/m1/s1. The Morgan fingerprint density at radius 2 is 2.26 bits per heavy atom. The molecule has 5 aliphatic rings. The van der Waals surface area contributed by atoms with Crippen molar-refractivity contribution in [2.24, 2.45) is 28.6 Å². The highest BCUT2D eigenvalue weighted by molar-refractivity contribution is 5.74. The van der Waals surface area contributed by atoms with Crippen LogP contribution in [0.25, 0.3) is 0 Å². The first kappa shape index (κ1) is 14.2. The highest BCUT2D eigenvalue weighted by atomic mass is 16.5. The number of fused-ring (bicyclic) bond motifs is 1. The molecule has 23 heavy (non-hydrogen) atoms. The van der Waals surface area contributed by atoms with Gasteiger partial charge in [-0.05, 0) is 49.0 Å². The van der Waals surface area contributed by atoms with Gasteiger partial charge in [-0.15, -0.1) is 0 Å². The van der Waals surface area contributed by atoms with Crippen molar-refractivity contribution < 1.29 is 19.7 Å². The van der Waals surface area contributed by atoms with Crippen molar-refractivity contribution in [1.82, 2.24) is 0 Å². The monoisotopic (exact) mass is 316 g/mol. The molecule has 1 aliphatic heterocycles. The van der Waals surface area contributed by atoms with E-state index in [1.165, 1.54) is 0 Å². The van der Waals surface area contributed by atoms with Crippen molar-refractivity contribution in [1.29, 1.82) is 0 Å². The average molecular weight is 316 g/mol. The second-order valence-electron chi connectivity index (χ2n) is 8.96. The molecule has 3 saturated carbocycles. The van der Waals surface area contributed by atoms with Gasteiger partial charge in [-0.25, -0.2) is 0 Å². The van der Waals surface area contributed by atoms with Crippen molar-refractivity contribution >= 4 is 5.97 Å². The van der Waals surface area contributed by atoms with Crippen LogP contribution in [0.1, 0.15) is 39.0 Å². The van der Waals surface area contributed by atoms with Crippen LogP contribution in [-0.4, -0.2) is 34.0 Å². The number of hydrogen-bond donors (Lipinski definition) is 2. The summed E-state index contributed by atoms with van der Waals surface area (Å²) in [4.78, 5) is 12.4. The zero-order valence-corrected chi connectivity index (χ0v) is 13.5. The van der Waals surface area contributed by atoms with E-state index in [0.29, 0.717) is 25.9 Å². The Bertz CT molecular complexity index is 668. The third-order valence-electron chi connectivity index (χ3n) is 8.00. The summed E-state index contributed by atoms with van der Waals surface area (Å²) in [5.41, 5.74) is -0.945. The number of aliphatic hydroxyl groups is 1. The molecule has 4 aliphatic carbocycles. The molecular weight excluding hydrogens is 292 g/mol. The van der Waals surface area contributed by atoms with Crippen molar-refractivity contribution in [2.75, 3.05) is 6.61 Å². The lowest BCUT2D eigenvalue weighted by atomic mass is 9.62. The largest absolute Gasteiger partial charge is 0.481 e. The first-order valence-electron chi connectivity index (χ1n) is 8.73. The van der Waals surface area contributed by atoms with Gasteiger partial charge in [0.25, 0.3) is 0 Å². The first-order chi connectivity index (χ1) is 10.8. The van der Waals surface area contributed by atoms with Crippen LogP contribution in [0.4, 0.5) is 0 Å². The van der Waals surface area contributed by atoms with Crippen LogP contribution in [0, 0.1) is 28.6 Å². The molecule has 1 saturated heterocycles. The number of hydrogen-bond acceptors (Lipinski definition) is 3. The quantitative estimate of drug-likeness (QED) is 0.730. The fourth-order valence-electron chi connectivity index (χ4n) is 7.36. The summed E-state index contributed by atoms with van der Waals surface area (Å²) in [7, 11) is 0. The topological polar surface area (TPSA) is 66.8 Å². The van der Waals surface area contributed by atoms with Gasteiger partial charge in [0.05, 0.1) is 23.7 Å². The van der Waals surface area contributed by atoms with Gasteiger partial charge in [0.2, 0.25) is 0 Å². The number of aliphatic carboxylic acids is 1. The van der Waals surface area contributed by atoms with E-state index in [-0.39, 0.29) is 28.3 Å². The third-order valence-corrected chi connectivity index (χ3v) is 8.00. The molecule has 124 valence electrons. The van der Waals surface area contributed by atoms with E-state index in [2.05, 4.69) is 25.7 Å². The summed E-state index contributed by atoms with van der Waals surface area (Å²) in [6.45, 7) is 6.88. The summed E-state index contributed by atoms with van der Waals surface area (Å²) < 4.78 is 6.42. The molecule has 0 aromatic heterocycles. The molecule has 0 aromatic carbocycles. The number of carboxylic acids is 1. The minimum Gasteiger partial charge on any atom is -0.481 e. The highest BCUT2D eigenvalue weighted by Gasteiger charge is 2.79. The molecule has 0 radical (unpaired) electrons. The second kappa shape index (κ2) is 3.75. The fraction of sp³-hybridized carbons (Fsp3) is 0.737. The summed E-state index contributed by atoms with van der Waals surface area (Å²) in [6.07, 6.45) is 7.94. The lowest BCUT2D eigenvalue weighted by molar-refractivity contribution is -0.151. The molecule has 2 unspecified atom stereocenters. The first-order valence-corrected chi connectivity index (χ1v) is 8.73. The van der Waals surface area contributed by atoms with Crippen LogP contribution in [0.2, 0.25) is 0 Å². The molecular formula is C19H24O4. The maximum absolute atomic E-state index is 12.4. The van der Waals surface area contributed by atoms with E-state index in [0.717, 1.165) is 18.4 Å². The molecule has 5 rings (SSSR count). The summed E-state index contributed by atoms with van der Waals surface area (Å²) in [6, 6.07) is 0. The molecule has 0 aromatic rings. The molecule has 1 spiro atoms. The van der Waals surface area contributed by atoms with Gasteiger partial charge in [0.15, 0.2) is 0 Å². The minimum absolute atomic E-state index is 0.00995. The Morgan fingerprint density at radius 3 is 3.00 bits per heavy atom. The molecule has 4 fully saturated rings. The highest BCUT2D eigenvalue weighted by Crippen LogP contribution is 2.77. The predicted octanol–water partition coefficient (Wildman–Crippen LogP) is 2.53. The van der Waals surface area contributed by atoms with Crippen LogP contribution < -0.4 is 0 Å². The van der Waals surface area contributed by atoms with Gasteiger partial charge in [-0.2, -0.15) is 0 Å². The lowest BCUT2D eigenvalue weighted by Gasteiger charge is -2.45. The van der Waals surface area contributed by atoms with E-state index in [4.69, 9.17) is 4.74 Å². The van der Waals surface area contributed by atoms with Crippen molar-refractivity contribution in [3.8, 4) is 0 Å². The van der Waals surface area contributed by atoms with Crippen LogP contribution in [0.3, 0.4) is 0 Å². The summed E-state index contributed by atoms with van der Waals surface area (Å²) in [5, 5.41) is 21.1. The minimum atomic E-state index is -0.859. The van der Waals surface area contributed by atoms with Crippen molar-refractivity contribution in [3.05, 3.63) is 24.3 Å². The van der Waals surface area contributed by atoms with E-state index in [1.54, 1.807) is 0 Å². The number of rotatable bonds is 1. The lowest BCUT2D eigenvalue weighted by Crippen LogP contribution is -2.47. The van der Waals surface area contributed by atoms with Gasteiger partial charge < -0.3 is 14.9 Å². The molecule has 2 N–H and O–H groups in total. The predicted molar refractivity (Wildman–Crippen MR) is 83.6 cm³/mol. The van der Waals surface area contributed by atoms with E-state index in [9.17, 15) is 15.0 Å². The Balaban J connectivity index is 1.75. The van der Waals surface area contributed by atoms with Crippen LogP contribution in [0.15, 0.2) is 24.3 Å². The molecule has 4 bridgehead atoms. The van der Waals surface area contributed by atoms with Crippen LogP contribution in [-0.2, 0) is 9.53 Å². The summed E-state index contributed by atoms with van der Waals surface area (Å²) in [5.74, 6) is -0.938. The maximum Gasteiger partial charge on any atom is 0.307 e. The Labute approximate surface area is 136 Å². The second-order valence-corrected chi connectivity index (χ2v) is 8.96. The molecule has 4 heteroatoms. The van der Waals surface area contributed by atoms with Crippen molar-refractivity contribution in [3.63, 3.8) is 0 Å². The zero-order valence-electron chi connectivity index (χ0n) is 13.5. The smallest absolute Gasteiger partial charge is 0.307 e. The molecule has 7 atom stereocenters. The third kappa shape index (κ3) is 1.33. The molecule has 1 heterocycles. The average Bonchev–Trinajstić information content (AvgIpc) is 2.88. The Hall–Kier alpha value is -1.13. The van der Waals surface area contributed by atoms with Gasteiger partial charge in [-0.1, -0.05) is 25.7 Å². The van der Waals surface area contributed by atoms with Crippen LogP contribution >= 0.6 is 0 Å². The number of carbonyl (C=O) groups is 1. The maximum atomic E-state index is 12.4. The molecule has 0 amide bonds.